The number of pyridine rings is 1. The molecule has 0 radical (unpaired) electrons. The fourth-order valence-electron chi connectivity index (χ4n) is 2.18. The molecule has 0 aliphatic heterocycles. The molecule has 104 valence electrons. The van der Waals surface area contributed by atoms with Gasteiger partial charge in [0.25, 0.3) is 0 Å². The summed E-state index contributed by atoms with van der Waals surface area (Å²) in [5, 5.41) is 12.2. The van der Waals surface area contributed by atoms with Crippen LogP contribution in [0, 0.1) is 17.0 Å². The first-order valence-corrected chi connectivity index (χ1v) is 6.21. The maximum absolute atomic E-state index is 11.2. The highest BCUT2D eigenvalue weighted by atomic mass is 16.6. The lowest BCUT2D eigenvalue weighted by Gasteiger charge is -2.06. The molecule has 1 aromatic carbocycles. The molecule has 3 rings (SSSR count). The predicted octanol–water partition coefficient (Wildman–Crippen LogP) is 2.49. The summed E-state index contributed by atoms with van der Waals surface area (Å²) in [6, 6.07) is 11.0. The predicted molar refractivity (Wildman–Crippen MR) is 78.6 cm³/mol. The van der Waals surface area contributed by atoms with Crippen LogP contribution in [-0.4, -0.2) is 19.9 Å². The number of fused-ring (bicyclic) bond motifs is 1. The third kappa shape index (κ3) is 2.25. The van der Waals surface area contributed by atoms with Crippen LogP contribution in [0.15, 0.2) is 36.4 Å². The van der Waals surface area contributed by atoms with E-state index in [0.29, 0.717) is 5.69 Å². The summed E-state index contributed by atoms with van der Waals surface area (Å²) in [7, 11) is 0. The summed E-state index contributed by atoms with van der Waals surface area (Å²) in [6.45, 7) is 1.53. The minimum Gasteiger partial charge on any atom is -0.368 e. The Bertz CT molecular complexity index is 863. The number of nitrogens with two attached hydrogens (primary N) is 1. The van der Waals surface area contributed by atoms with Crippen molar-refractivity contribution in [1.29, 1.82) is 0 Å². The van der Waals surface area contributed by atoms with Crippen LogP contribution in [0.1, 0.15) is 5.69 Å². The van der Waals surface area contributed by atoms with Crippen molar-refractivity contribution in [3.05, 3.63) is 52.2 Å². The van der Waals surface area contributed by atoms with Crippen LogP contribution in [0.3, 0.4) is 0 Å². The highest BCUT2D eigenvalue weighted by molar-refractivity contribution is 5.82. The highest BCUT2D eigenvalue weighted by Gasteiger charge is 2.23. The Hall–Kier alpha value is -3.09. The molecule has 7 heteroatoms. The van der Waals surface area contributed by atoms with Gasteiger partial charge in [0.05, 0.1) is 16.1 Å². The normalized spacial score (nSPS) is 10.7. The van der Waals surface area contributed by atoms with Crippen molar-refractivity contribution in [2.75, 3.05) is 5.73 Å². The van der Waals surface area contributed by atoms with Crippen LogP contribution >= 0.6 is 0 Å². The smallest absolute Gasteiger partial charge is 0.318 e. The fourth-order valence-corrected chi connectivity index (χ4v) is 2.18. The summed E-state index contributed by atoms with van der Waals surface area (Å²) in [5.41, 5.74) is 6.92. The second kappa shape index (κ2) is 4.78. The third-order valence-corrected chi connectivity index (χ3v) is 3.10. The monoisotopic (exact) mass is 281 g/mol. The Labute approximate surface area is 119 Å². The van der Waals surface area contributed by atoms with Gasteiger partial charge in [0.2, 0.25) is 5.95 Å². The van der Waals surface area contributed by atoms with Crippen LogP contribution in [0.4, 0.5) is 11.6 Å². The van der Waals surface area contributed by atoms with Crippen LogP contribution in [-0.2, 0) is 0 Å². The Morgan fingerprint density at radius 2 is 1.86 bits per heavy atom. The van der Waals surface area contributed by atoms with E-state index in [1.807, 2.05) is 30.3 Å². The van der Waals surface area contributed by atoms with Gasteiger partial charge in [-0.05, 0) is 19.1 Å². The van der Waals surface area contributed by atoms with Crippen molar-refractivity contribution in [2.45, 2.75) is 6.92 Å². The minimum atomic E-state index is -0.513. The topological polar surface area (TPSA) is 108 Å². The summed E-state index contributed by atoms with van der Waals surface area (Å²) in [6.07, 6.45) is 0. The van der Waals surface area contributed by atoms with E-state index in [0.717, 1.165) is 10.9 Å². The number of benzene rings is 1. The second-order valence-corrected chi connectivity index (χ2v) is 4.51. The van der Waals surface area contributed by atoms with Crippen molar-refractivity contribution < 1.29 is 4.92 Å². The van der Waals surface area contributed by atoms with Gasteiger partial charge in [0.1, 0.15) is 5.69 Å². The maximum atomic E-state index is 11.2. The van der Waals surface area contributed by atoms with Crippen molar-refractivity contribution in [3.63, 3.8) is 0 Å². The molecule has 2 heterocycles. The van der Waals surface area contributed by atoms with Crippen LogP contribution in [0.25, 0.3) is 22.3 Å². The van der Waals surface area contributed by atoms with Gasteiger partial charge >= 0.3 is 5.69 Å². The van der Waals surface area contributed by atoms with Gasteiger partial charge in [-0.3, -0.25) is 10.1 Å². The third-order valence-electron chi connectivity index (χ3n) is 3.10. The zero-order valence-corrected chi connectivity index (χ0v) is 11.1. The summed E-state index contributed by atoms with van der Waals surface area (Å²) >= 11 is 0. The van der Waals surface area contributed by atoms with Crippen molar-refractivity contribution in [3.8, 4) is 11.4 Å². The number of anilines is 1. The van der Waals surface area contributed by atoms with Crippen molar-refractivity contribution in [1.82, 2.24) is 15.0 Å². The molecule has 0 unspecified atom stereocenters. The number of rotatable bonds is 2. The van der Waals surface area contributed by atoms with Gasteiger partial charge < -0.3 is 5.73 Å². The van der Waals surface area contributed by atoms with Gasteiger partial charge in [-0.2, -0.15) is 0 Å². The van der Waals surface area contributed by atoms with Gasteiger partial charge in [-0.25, -0.2) is 15.0 Å². The van der Waals surface area contributed by atoms with E-state index in [4.69, 9.17) is 5.73 Å². The first-order valence-electron chi connectivity index (χ1n) is 6.21. The molecule has 0 saturated carbocycles. The zero-order valence-electron chi connectivity index (χ0n) is 11.1. The largest absolute Gasteiger partial charge is 0.368 e. The fraction of sp³-hybridized carbons (Fsp3) is 0.0714. The molecule has 21 heavy (non-hydrogen) atoms. The number of para-hydroxylation sites is 1. The van der Waals surface area contributed by atoms with Crippen LogP contribution in [0.5, 0.6) is 0 Å². The number of nitrogens with zero attached hydrogens (tertiary/aromatic N) is 4. The van der Waals surface area contributed by atoms with E-state index >= 15 is 0 Å². The molecule has 0 bridgehead atoms. The SMILES string of the molecule is Cc1nc(N)nc(-c2ccc3ccccc3n2)c1[N+](=O)[O-]. The lowest BCUT2D eigenvalue weighted by Crippen LogP contribution is -2.05. The molecule has 0 saturated heterocycles. The average molecular weight is 281 g/mol. The van der Waals surface area contributed by atoms with E-state index in [1.165, 1.54) is 6.92 Å². The minimum absolute atomic E-state index is 0.0111. The van der Waals surface area contributed by atoms with Gasteiger partial charge in [-0.1, -0.05) is 24.3 Å². The molecule has 0 aliphatic carbocycles. The quantitative estimate of drug-likeness (QED) is 0.571. The number of nitrogen functional groups attached to an aromatic ring is 1. The lowest BCUT2D eigenvalue weighted by atomic mass is 10.1. The Morgan fingerprint density at radius 3 is 2.62 bits per heavy atom. The Balaban J connectivity index is 2.29. The summed E-state index contributed by atoms with van der Waals surface area (Å²) < 4.78 is 0. The van der Waals surface area contributed by atoms with E-state index < -0.39 is 4.92 Å². The molecule has 0 spiro atoms. The molecule has 2 aromatic heterocycles. The Morgan fingerprint density at radius 1 is 1.10 bits per heavy atom. The first-order chi connectivity index (χ1) is 10.1. The van der Waals surface area contributed by atoms with E-state index in [1.54, 1.807) is 6.07 Å². The average Bonchev–Trinajstić information content (AvgIpc) is 2.45. The van der Waals surface area contributed by atoms with Gasteiger partial charge in [0, 0.05) is 5.39 Å². The number of hydrogen-bond acceptors (Lipinski definition) is 6. The zero-order chi connectivity index (χ0) is 15.0. The molecular weight excluding hydrogens is 270 g/mol. The van der Waals surface area contributed by atoms with Gasteiger partial charge in [-0.15, -0.1) is 0 Å². The lowest BCUT2D eigenvalue weighted by molar-refractivity contribution is -0.385. The van der Waals surface area contributed by atoms with Crippen molar-refractivity contribution >= 4 is 22.5 Å². The van der Waals surface area contributed by atoms with E-state index in [2.05, 4.69) is 15.0 Å². The van der Waals surface area contributed by atoms with Crippen LogP contribution in [0.2, 0.25) is 0 Å². The van der Waals surface area contributed by atoms with Crippen molar-refractivity contribution in [2.24, 2.45) is 0 Å². The first kappa shape index (κ1) is 12.9. The number of hydrogen-bond donors (Lipinski definition) is 1. The highest BCUT2D eigenvalue weighted by Crippen LogP contribution is 2.30. The number of aromatic nitrogens is 3. The number of aryl methyl sites for hydroxylation is 1. The maximum Gasteiger partial charge on any atom is 0.318 e. The molecule has 0 amide bonds. The summed E-state index contributed by atoms with van der Waals surface area (Å²) in [4.78, 5) is 23.0. The van der Waals surface area contributed by atoms with E-state index in [-0.39, 0.29) is 23.0 Å². The summed E-state index contributed by atoms with van der Waals surface area (Å²) in [5.74, 6) is -0.0111. The number of nitro groups is 1. The van der Waals surface area contributed by atoms with Crippen LogP contribution < -0.4 is 5.73 Å². The molecule has 0 aliphatic rings. The van der Waals surface area contributed by atoms with E-state index in [9.17, 15) is 10.1 Å². The molecular formula is C14H11N5O2. The second-order valence-electron chi connectivity index (χ2n) is 4.51. The molecule has 0 atom stereocenters. The molecule has 0 fully saturated rings. The van der Waals surface area contributed by atoms with Gasteiger partial charge in [0.15, 0.2) is 5.69 Å². The molecule has 2 N–H and O–H groups in total. The molecule has 3 aromatic rings. The standard InChI is InChI=1S/C14H11N5O2/c1-8-13(19(20)21)12(18-14(15)16-8)11-7-6-9-4-2-3-5-10(9)17-11/h2-7H,1H3,(H2,15,16,18). The molecule has 7 nitrogen and oxygen atoms in total. The Kier molecular flexibility index (Phi) is 2.94.